The van der Waals surface area contributed by atoms with E-state index in [0.717, 1.165) is 6.54 Å². The maximum absolute atomic E-state index is 11.2. The van der Waals surface area contributed by atoms with Crippen LogP contribution >= 0.6 is 0 Å². The van der Waals surface area contributed by atoms with Crippen molar-refractivity contribution < 1.29 is 4.79 Å². The second-order valence-corrected chi connectivity index (χ2v) is 4.54. The van der Waals surface area contributed by atoms with Crippen LogP contribution in [0.15, 0.2) is 0 Å². The number of carbonyl (C=O) groups excluding carboxylic acids is 1. The lowest BCUT2D eigenvalue weighted by Gasteiger charge is -2.29. The number of nitrogens with two attached hydrogens (primary N) is 1. The molecule has 0 fully saturated rings. The first-order valence-electron chi connectivity index (χ1n) is 6.23. The van der Waals surface area contributed by atoms with E-state index in [1.165, 1.54) is 19.3 Å². The van der Waals surface area contributed by atoms with Gasteiger partial charge in [-0.2, -0.15) is 0 Å². The molecular weight excluding hydrogens is 202 g/mol. The van der Waals surface area contributed by atoms with E-state index in [1.807, 2.05) is 0 Å². The molecule has 16 heavy (non-hydrogen) atoms. The first-order valence-corrected chi connectivity index (χ1v) is 6.23. The van der Waals surface area contributed by atoms with Gasteiger partial charge in [-0.25, -0.2) is 0 Å². The molecule has 0 heterocycles. The highest BCUT2D eigenvalue weighted by atomic mass is 16.1. The molecule has 96 valence electrons. The van der Waals surface area contributed by atoms with E-state index in [-0.39, 0.29) is 11.9 Å². The van der Waals surface area contributed by atoms with Gasteiger partial charge in [-0.15, -0.1) is 0 Å². The van der Waals surface area contributed by atoms with Crippen LogP contribution in [0.25, 0.3) is 0 Å². The monoisotopic (exact) mass is 229 g/mol. The Morgan fingerprint density at radius 3 is 2.38 bits per heavy atom. The molecule has 0 saturated carbocycles. The van der Waals surface area contributed by atoms with Gasteiger partial charge >= 0.3 is 0 Å². The molecule has 0 aromatic heterocycles. The molecule has 0 aromatic carbocycles. The summed E-state index contributed by atoms with van der Waals surface area (Å²) in [6, 6.07) is 0.205. The number of hydrogen-bond acceptors (Lipinski definition) is 3. The third kappa shape index (κ3) is 6.08. The normalized spacial score (nSPS) is 13.4. The van der Waals surface area contributed by atoms with E-state index in [9.17, 15) is 4.79 Å². The van der Waals surface area contributed by atoms with Crippen LogP contribution in [-0.2, 0) is 4.79 Å². The largest absolute Gasteiger partial charge is 0.368 e. The minimum Gasteiger partial charge on any atom is -0.368 e. The summed E-state index contributed by atoms with van der Waals surface area (Å²) in [7, 11) is 1.78. The van der Waals surface area contributed by atoms with Gasteiger partial charge in [0.25, 0.3) is 0 Å². The van der Waals surface area contributed by atoms with Gasteiger partial charge in [-0.05, 0) is 33.9 Å². The number of nitrogens with zero attached hydrogens (tertiary/aromatic N) is 1. The number of primary amides is 1. The van der Waals surface area contributed by atoms with Crippen LogP contribution in [0.1, 0.15) is 40.0 Å². The van der Waals surface area contributed by atoms with Gasteiger partial charge in [-0.3, -0.25) is 9.69 Å². The number of unbranched alkanes of at least 4 members (excludes halogenated alkanes) is 2. The molecule has 0 rings (SSSR count). The molecule has 0 aromatic rings. The van der Waals surface area contributed by atoms with Crippen molar-refractivity contribution in [3.63, 3.8) is 0 Å². The molecule has 3 N–H and O–H groups in total. The smallest absolute Gasteiger partial charge is 0.235 e. The van der Waals surface area contributed by atoms with Gasteiger partial charge in [0, 0.05) is 12.6 Å². The van der Waals surface area contributed by atoms with E-state index in [4.69, 9.17) is 5.73 Å². The van der Waals surface area contributed by atoms with Gasteiger partial charge in [-0.1, -0.05) is 19.8 Å². The van der Waals surface area contributed by atoms with Crippen molar-refractivity contribution in [1.29, 1.82) is 0 Å². The third-order valence-electron chi connectivity index (χ3n) is 2.89. The maximum atomic E-state index is 11.2. The van der Waals surface area contributed by atoms with Gasteiger partial charge in [0.1, 0.15) is 0 Å². The zero-order chi connectivity index (χ0) is 12.6. The summed E-state index contributed by atoms with van der Waals surface area (Å²) in [5.74, 6) is -0.274. The molecule has 4 heteroatoms. The van der Waals surface area contributed by atoms with Crippen molar-refractivity contribution in [1.82, 2.24) is 10.2 Å². The summed E-state index contributed by atoms with van der Waals surface area (Å²) >= 11 is 0. The van der Waals surface area contributed by atoms with Crippen molar-refractivity contribution in [3.05, 3.63) is 0 Å². The molecule has 0 spiro atoms. The highest BCUT2D eigenvalue weighted by molar-refractivity contribution is 5.80. The quantitative estimate of drug-likeness (QED) is 0.579. The predicted molar refractivity (Wildman–Crippen MR) is 68.3 cm³/mol. The van der Waals surface area contributed by atoms with Gasteiger partial charge in [0.15, 0.2) is 0 Å². The van der Waals surface area contributed by atoms with Crippen LogP contribution in [-0.4, -0.2) is 43.0 Å². The van der Waals surface area contributed by atoms with Gasteiger partial charge < -0.3 is 11.1 Å². The van der Waals surface area contributed by atoms with Crippen LogP contribution in [0.5, 0.6) is 0 Å². The molecule has 1 amide bonds. The van der Waals surface area contributed by atoms with Crippen molar-refractivity contribution in [2.45, 2.75) is 52.1 Å². The Morgan fingerprint density at radius 2 is 2.00 bits per heavy atom. The standard InChI is InChI=1S/C12H27N3O/c1-5-6-7-8-15(10(2)3)9-11(14-4)12(13)16/h10-11,14H,5-9H2,1-4H3,(H2,13,16). The molecule has 0 radical (unpaired) electrons. The molecule has 0 aliphatic carbocycles. The summed E-state index contributed by atoms with van der Waals surface area (Å²) in [5, 5.41) is 2.96. The van der Waals surface area contributed by atoms with Crippen LogP contribution in [0.2, 0.25) is 0 Å². The Hall–Kier alpha value is -0.610. The second kappa shape index (κ2) is 8.53. The first kappa shape index (κ1) is 15.4. The summed E-state index contributed by atoms with van der Waals surface area (Å²) in [6.07, 6.45) is 3.64. The molecule has 0 aliphatic rings. The van der Waals surface area contributed by atoms with Crippen LogP contribution < -0.4 is 11.1 Å². The molecule has 0 aliphatic heterocycles. The lowest BCUT2D eigenvalue weighted by Crippen LogP contribution is -2.49. The molecule has 4 nitrogen and oxygen atoms in total. The van der Waals surface area contributed by atoms with E-state index in [1.54, 1.807) is 7.05 Å². The summed E-state index contributed by atoms with van der Waals surface area (Å²) in [5.41, 5.74) is 5.32. The predicted octanol–water partition coefficient (Wildman–Crippen LogP) is 0.960. The zero-order valence-corrected chi connectivity index (χ0v) is 11.1. The summed E-state index contributed by atoms with van der Waals surface area (Å²) in [4.78, 5) is 13.5. The average molecular weight is 229 g/mol. The van der Waals surface area contributed by atoms with E-state index in [2.05, 4.69) is 31.0 Å². The Morgan fingerprint density at radius 1 is 1.38 bits per heavy atom. The first-order chi connectivity index (χ1) is 7.52. The minimum atomic E-state index is -0.274. The lowest BCUT2D eigenvalue weighted by atomic mass is 10.2. The Labute approximate surface area is 99.6 Å². The van der Waals surface area contributed by atoms with E-state index in [0.29, 0.717) is 12.6 Å². The number of nitrogens with one attached hydrogen (secondary N) is 1. The Balaban J connectivity index is 4.15. The number of carbonyl (C=O) groups is 1. The van der Waals surface area contributed by atoms with Crippen molar-refractivity contribution in [3.8, 4) is 0 Å². The SMILES string of the molecule is CCCCCN(CC(NC)C(N)=O)C(C)C. The Bertz CT molecular complexity index is 195. The number of hydrogen-bond donors (Lipinski definition) is 2. The fourth-order valence-electron chi connectivity index (χ4n) is 1.68. The van der Waals surface area contributed by atoms with Crippen LogP contribution in [0, 0.1) is 0 Å². The van der Waals surface area contributed by atoms with E-state index < -0.39 is 0 Å². The minimum absolute atomic E-state index is 0.246. The zero-order valence-electron chi connectivity index (χ0n) is 11.1. The summed E-state index contributed by atoms with van der Waals surface area (Å²) < 4.78 is 0. The van der Waals surface area contributed by atoms with Crippen molar-refractivity contribution >= 4 is 5.91 Å². The summed E-state index contributed by atoms with van der Waals surface area (Å²) in [6.45, 7) is 8.24. The van der Waals surface area contributed by atoms with Gasteiger partial charge in [0.2, 0.25) is 5.91 Å². The van der Waals surface area contributed by atoms with E-state index >= 15 is 0 Å². The van der Waals surface area contributed by atoms with Crippen molar-refractivity contribution in [2.75, 3.05) is 20.1 Å². The van der Waals surface area contributed by atoms with Crippen molar-refractivity contribution in [2.24, 2.45) is 5.73 Å². The van der Waals surface area contributed by atoms with Crippen LogP contribution in [0.4, 0.5) is 0 Å². The highest BCUT2D eigenvalue weighted by Gasteiger charge is 2.18. The van der Waals surface area contributed by atoms with Gasteiger partial charge in [0.05, 0.1) is 6.04 Å². The molecule has 1 atom stereocenters. The molecule has 1 unspecified atom stereocenters. The molecule has 0 bridgehead atoms. The second-order valence-electron chi connectivity index (χ2n) is 4.54. The third-order valence-corrected chi connectivity index (χ3v) is 2.89. The Kier molecular flexibility index (Phi) is 8.21. The van der Waals surface area contributed by atoms with Crippen LogP contribution in [0.3, 0.4) is 0 Å². The number of rotatable bonds is 9. The average Bonchev–Trinajstić information content (AvgIpc) is 2.22. The molecule has 0 saturated heterocycles. The lowest BCUT2D eigenvalue weighted by molar-refractivity contribution is -0.120. The fraction of sp³-hybridized carbons (Fsp3) is 0.917. The highest BCUT2D eigenvalue weighted by Crippen LogP contribution is 2.04. The number of amides is 1. The maximum Gasteiger partial charge on any atom is 0.235 e. The topological polar surface area (TPSA) is 58.4 Å². The fourth-order valence-corrected chi connectivity index (χ4v) is 1.68. The number of likely N-dealkylation sites (N-methyl/N-ethyl adjacent to an activating group) is 1. The molecular formula is C12H27N3O.